The topological polar surface area (TPSA) is 51.2 Å². The first kappa shape index (κ1) is 11.2. The molecule has 3 nitrogen and oxygen atoms in total. The van der Waals surface area contributed by atoms with Gasteiger partial charge in [-0.15, -0.1) is 0 Å². The number of para-hydroxylation sites is 1. The first-order chi connectivity index (χ1) is 7.85. The number of benzene rings is 1. The van der Waals surface area contributed by atoms with E-state index in [2.05, 4.69) is 24.4 Å². The van der Waals surface area contributed by atoms with E-state index in [0.717, 1.165) is 29.7 Å². The van der Waals surface area contributed by atoms with E-state index in [4.69, 9.17) is 10.2 Å². The largest absolute Gasteiger partial charge is 0.459 e. The normalized spacial score (nSPS) is 13.1. The summed E-state index contributed by atoms with van der Waals surface area (Å²) in [4.78, 5) is 0. The van der Waals surface area contributed by atoms with Crippen LogP contribution in [0.1, 0.15) is 25.1 Å². The van der Waals surface area contributed by atoms with E-state index < -0.39 is 0 Å². The summed E-state index contributed by atoms with van der Waals surface area (Å²) in [7, 11) is 0. The zero-order valence-electron chi connectivity index (χ0n) is 9.57. The lowest BCUT2D eigenvalue weighted by molar-refractivity contribution is 0.435. The molecule has 2 rings (SSSR count). The quantitative estimate of drug-likeness (QED) is 0.810. The Morgan fingerprint density at radius 1 is 1.38 bits per heavy atom. The van der Waals surface area contributed by atoms with E-state index in [9.17, 15) is 0 Å². The standard InChI is InChI=1S/C13H18N2O/c1-2-7-15-11(9-14)13-8-10-5-3-4-6-12(10)16-13/h3-6,8,11,15H,2,7,9,14H2,1H3. The maximum Gasteiger partial charge on any atom is 0.134 e. The van der Waals surface area contributed by atoms with Gasteiger partial charge >= 0.3 is 0 Å². The number of fused-ring (bicyclic) bond motifs is 1. The minimum Gasteiger partial charge on any atom is -0.459 e. The highest BCUT2D eigenvalue weighted by atomic mass is 16.3. The lowest BCUT2D eigenvalue weighted by Gasteiger charge is -2.13. The van der Waals surface area contributed by atoms with Crippen LogP contribution in [-0.4, -0.2) is 13.1 Å². The van der Waals surface area contributed by atoms with E-state index in [1.54, 1.807) is 0 Å². The van der Waals surface area contributed by atoms with Crippen LogP contribution in [0, 0.1) is 0 Å². The van der Waals surface area contributed by atoms with Crippen molar-refractivity contribution in [3.63, 3.8) is 0 Å². The summed E-state index contributed by atoms with van der Waals surface area (Å²) in [6.07, 6.45) is 1.09. The van der Waals surface area contributed by atoms with Gasteiger partial charge in [-0.2, -0.15) is 0 Å². The molecule has 1 aromatic carbocycles. The maximum absolute atomic E-state index is 5.78. The Balaban J connectivity index is 2.23. The molecule has 0 fully saturated rings. The van der Waals surface area contributed by atoms with Gasteiger partial charge in [0.1, 0.15) is 11.3 Å². The van der Waals surface area contributed by atoms with E-state index in [-0.39, 0.29) is 6.04 Å². The Labute approximate surface area is 95.6 Å². The highest BCUT2D eigenvalue weighted by Crippen LogP contribution is 2.23. The molecule has 0 aliphatic carbocycles. The van der Waals surface area contributed by atoms with Gasteiger partial charge in [-0.05, 0) is 25.1 Å². The van der Waals surface area contributed by atoms with Crippen molar-refractivity contribution < 1.29 is 4.42 Å². The third kappa shape index (κ3) is 2.26. The predicted molar refractivity (Wildman–Crippen MR) is 66.3 cm³/mol. The molecule has 86 valence electrons. The minimum absolute atomic E-state index is 0.118. The van der Waals surface area contributed by atoms with E-state index in [1.807, 2.05) is 18.2 Å². The Hall–Kier alpha value is -1.32. The number of nitrogens with one attached hydrogen (secondary N) is 1. The van der Waals surface area contributed by atoms with Gasteiger partial charge in [0.15, 0.2) is 0 Å². The molecule has 1 atom stereocenters. The summed E-state index contributed by atoms with van der Waals surface area (Å²) in [6.45, 7) is 3.65. The Bertz CT molecular complexity index is 417. The smallest absolute Gasteiger partial charge is 0.134 e. The van der Waals surface area contributed by atoms with Gasteiger partial charge in [0.05, 0.1) is 6.04 Å². The SMILES string of the molecule is CCCNC(CN)c1cc2ccccc2o1. The monoisotopic (exact) mass is 218 g/mol. The second-order valence-corrected chi connectivity index (χ2v) is 3.93. The molecule has 16 heavy (non-hydrogen) atoms. The van der Waals surface area contributed by atoms with Crippen LogP contribution in [0.5, 0.6) is 0 Å². The molecule has 0 aliphatic heterocycles. The summed E-state index contributed by atoms with van der Waals surface area (Å²) in [5, 5.41) is 4.51. The van der Waals surface area contributed by atoms with Gasteiger partial charge in [0.25, 0.3) is 0 Å². The zero-order chi connectivity index (χ0) is 11.4. The Morgan fingerprint density at radius 2 is 2.19 bits per heavy atom. The number of hydrogen-bond acceptors (Lipinski definition) is 3. The van der Waals surface area contributed by atoms with Crippen molar-refractivity contribution in [1.82, 2.24) is 5.32 Å². The van der Waals surface area contributed by atoms with Crippen LogP contribution in [0.2, 0.25) is 0 Å². The summed E-state index contributed by atoms with van der Waals surface area (Å²) in [5.41, 5.74) is 6.67. The second-order valence-electron chi connectivity index (χ2n) is 3.93. The van der Waals surface area contributed by atoms with Crippen LogP contribution in [0.25, 0.3) is 11.0 Å². The molecule has 0 saturated carbocycles. The molecule has 0 spiro atoms. The van der Waals surface area contributed by atoms with Gasteiger partial charge in [-0.25, -0.2) is 0 Å². The molecule has 3 N–H and O–H groups in total. The Morgan fingerprint density at radius 3 is 2.88 bits per heavy atom. The van der Waals surface area contributed by atoms with Gasteiger partial charge in [-0.3, -0.25) is 0 Å². The average molecular weight is 218 g/mol. The van der Waals surface area contributed by atoms with Gasteiger partial charge in [0, 0.05) is 11.9 Å². The first-order valence-electron chi connectivity index (χ1n) is 5.77. The van der Waals surface area contributed by atoms with Crippen molar-refractivity contribution in [1.29, 1.82) is 0 Å². The molecule has 0 aliphatic rings. The van der Waals surface area contributed by atoms with Crippen molar-refractivity contribution in [3.05, 3.63) is 36.1 Å². The Kier molecular flexibility index (Phi) is 3.59. The number of hydrogen-bond donors (Lipinski definition) is 2. The van der Waals surface area contributed by atoms with Crippen LogP contribution < -0.4 is 11.1 Å². The van der Waals surface area contributed by atoms with E-state index >= 15 is 0 Å². The molecule has 2 aromatic rings. The van der Waals surface area contributed by atoms with Gasteiger partial charge in [-0.1, -0.05) is 25.1 Å². The molecule has 3 heteroatoms. The molecule has 0 amide bonds. The fourth-order valence-electron chi connectivity index (χ4n) is 1.79. The first-order valence-corrected chi connectivity index (χ1v) is 5.77. The molecule has 1 heterocycles. The number of nitrogens with two attached hydrogens (primary N) is 1. The van der Waals surface area contributed by atoms with Crippen molar-refractivity contribution in [3.8, 4) is 0 Å². The average Bonchev–Trinajstić information content (AvgIpc) is 2.73. The molecular formula is C13H18N2O. The van der Waals surface area contributed by atoms with Crippen LogP contribution in [0.15, 0.2) is 34.7 Å². The molecule has 0 saturated heterocycles. The zero-order valence-corrected chi connectivity index (χ0v) is 9.57. The van der Waals surface area contributed by atoms with E-state index in [1.165, 1.54) is 0 Å². The summed E-state index contributed by atoms with van der Waals surface area (Å²) in [6, 6.07) is 10.2. The fraction of sp³-hybridized carbons (Fsp3) is 0.385. The van der Waals surface area contributed by atoms with Crippen LogP contribution >= 0.6 is 0 Å². The third-order valence-electron chi connectivity index (χ3n) is 2.66. The summed E-state index contributed by atoms with van der Waals surface area (Å²) < 4.78 is 5.78. The van der Waals surface area contributed by atoms with E-state index in [0.29, 0.717) is 6.54 Å². The number of rotatable bonds is 5. The fourth-order valence-corrected chi connectivity index (χ4v) is 1.79. The van der Waals surface area contributed by atoms with Crippen molar-refractivity contribution in [2.75, 3.05) is 13.1 Å². The van der Waals surface area contributed by atoms with Gasteiger partial charge in [0.2, 0.25) is 0 Å². The molecular weight excluding hydrogens is 200 g/mol. The van der Waals surface area contributed by atoms with Crippen LogP contribution in [0.4, 0.5) is 0 Å². The van der Waals surface area contributed by atoms with Crippen molar-refractivity contribution >= 4 is 11.0 Å². The summed E-state index contributed by atoms with van der Waals surface area (Å²) in [5.74, 6) is 0.928. The lowest BCUT2D eigenvalue weighted by Crippen LogP contribution is -2.28. The molecule has 1 unspecified atom stereocenters. The third-order valence-corrected chi connectivity index (χ3v) is 2.66. The van der Waals surface area contributed by atoms with Crippen LogP contribution in [-0.2, 0) is 0 Å². The van der Waals surface area contributed by atoms with Crippen molar-refractivity contribution in [2.45, 2.75) is 19.4 Å². The summed E-state index contributed by atoms with van der Waals surface area (Å²) >= 11 is 0. The molecule has 0 radical (unpaired) electrons. The molecule has 0 bridgehead atoms. The predicted octanol–water partition coefficient (Wildman–Crippen LogP) is 2.43. The highest BCUT2D eigenvalue weighted by molar-refractivity contribution is 5.77. The van der Waals surface area contributed by atoms with Gasteiger partial charge < -0.3 is 15.5 Å². The minimum atomic E-state index is 0.118. The van der Waals surface area contributed by atoms with Crippen molar-refractivity contribution in [2.24, 2.45) is 5.73 Å². The maximum atomic E-state index is 5.78. The van der Waals surface area contributed by atoms with Crippen LogP contribution in [0.3, 0.4) is 0 Å². The highest BCUT2D eigenvalue weighted by Gasteiger charge is 2.13. The lowest BCUT2D eigenvalue weighted by atomic mass is 10.2. The second kappa shape index (κ2) is 5.14. The molecule has 1 aromatic heterocycles. The number of furan rings is 1.